The highest BCUT2D eigenvalue weighted by molar-refractivity contribution is 8.75. The molecule has 0 aromatic rings. The van der Waals surface area contributed by atoms with Crippen LogP contribution in [0.3, 0.4) is 0 Å². The lowest BCUT2D eigenvalue weighted by molar-refractivity contribution is 1.47. The van der Waals surface area contributed by atoms with Gasteiger partial charge in [0, 0.05) is 7.05 Å². The van der Waals surface area contributed by atoms with Crippen LogP contribution in [0.1, 0.15) is 0 Å². The molecule has 9 heavy (non-hydrogen) atoms. The quantitative estimate of drug-likeness (QED) is 0.214. The van der Waals surface area contributed by atoms with Crippen molar-refractivity contribution < 1.29 is 0 Å². The minimum Gasteiger partial charge on any atom is -0.281 e. The molecule has 0 bridgehead atoms. The van der Waals surface area contributed by atoms with Crippen LogP contribution in [0.2, 0.25) is 0 Å². The molecule has 1 nitrogen and oxygen atoms in total. The standard InChI is InChI=1S/C6H9NS2/c1-3-4-5-6(7-2)9-8/h3-5,8H,1H2,2H3/b5-4-,7-6?. The molecule has 0 fully saturated rings. The molecule has 0 aliphatic rings. The van der Waals surface area contributed by atoms with Gasteiger partial charge in [-0.3, -0.25) is 4.99 Å². The van der Waals surface area contributed by atoms with Gasteiger partial charge in [-0.25, -0.2) is 0 Å². The third kappa shape index (κ3) is 4.36. The van der Waals surface area contributed by atoms with E-state index in [9.17, 15) is 0 Å². The Kier molecular flexibility index (Phi) is 5.88. The number of hydrogen-bond donors (Lipinski definition) is 1. The van der Waals surface area contributed by atoms with Crippen LogP contribution in [0.4, 0.5) is 0 Å². The smallest absolute Gasteiger partial charge is 0.100 e. The van der Waals surface area contributed by atoms with Crippen LogP contribution in [0.25, 0.3) is 0 Å². The van der Waals surface area contributed by atoms with Gasteiger partial charge in [0.2, 0.25) is 0 Å². The molecule has 0 amide bonds. The second-order valence-electron chi connectivity index (χ2n) is 1.25. The first-order valence-corrected chi connectivity index (χ1v) is 4.29. The van der Waals surface area contributed by atoms with Crippen molar-refractivity contribution in [2.75, 3.05) is 7.05 Å². The zero-order chi connectivity index (χ0) is 7.11. The highest BCUT2D eigenvalue weighted by Gasteiger charge is 1.84. The third-order valence-corrected chi connectivity index (χ3v) is 1.76. The van der Waals surface area contributed by atoms with Gasteiger partial charge >= 0.3 is 0 Å². The van der Waals surface area contributed by atoms with Crippen LogP contribution in [0.15, 0.2) is 29.8 Å². The molecule has 0 aromatic carbocycles. The van der Waals surface area contributed by atoms with Crippen LogP contribution in [0.5, 0.6) is 0 Å². The Balaban J connectivity index is 3.84. The van der Waals surface area contributed by atoms with Gasteiger partial charge in [-0.15, -0.1) is 11.7 Å². The molecular formula is C6H9NS2. The molecule has 0 radical (unpaired) electrons. The number of rotatable bonds is 2. The van der Waals surface area contributed by atoms with Crippen molar-refractivity contribution in [3.8, 4) is 0 Å². The molecule has 3 heteroatoms. The SMILES string of the molecule is C=C/C=C\C(=NC)SS. The molecule has 50 valence electrons. The van der Waals surface area contributed by atoms with Gasteiger partial charge in [-0.1, -0.05) is 18.7 Å². The Labute approximate surface area is 64.8 Å². The Morgan fingerprint density at radius 2 is 2.44 bits per heavy atom. The van der Waals surface area contributed by atoms with Gasteiger partial charge < -0.3 is 0 Å². The molecular weight excluding hydrogens is 150 g/mol. The van der Waals surface area contributed by atoms with Gasteiger partial charge in [0.15, 0.2) is 0 Å². The zero-order valence-electron chi connectivity index (χ0n) is 5.24. The molecule has 0 spiro atoms. The monoisotopic (exact) mass is 159 g/mol. The van der Waals surface area contributed by atoms with E-state index in [4.69, 9.17) is 0 Å². The normalized spacial score (nSPS) is 12.4. The van der Waals surface area contributed by atoms with E-state index in [0.717, 1.165) is 5.04 Å². The maximum Gasteiger partial charge on any atom is 0.100 e. The number of allylic oxidation sites excluding steroid dienone is 2. The van der Waals surface area contributed by atoms with Crippen molar-refractivity contribution in [1.29, 1.82) is 0 Å². The maximum absolute atomic E-state index is 3.97. The summed E-state index contributed by atoms with van der Waals surface area (Å²) >= 11 is 3.97. The summed E-state index contributed by atoms with van der Waals surface area (Å²) < 4.78 is 0. The summed E-state index contributed by atoms with van der Waals surface area (Å²) in [6.07, 6.45) is 5.38. The third-order valence-electron chi connectivity index (χ3n) is 0.689. The topological polar surface area (TPSA) is 12.4 Å². The second kappa shape index (κ2) is 5.98. The number of aliphatic imine (C=N–C) groups is 1. The van der Waals surface area contributed by atoms with Crippen LogP contribution in [-0.2, 0) is 0 Å². The summed E-state index contributed by atoms with van der Waals surface area (Å²) in [7, 11) is 3.05. The lowest BCUT2D eigenvalue weighted by Crippen LogP contribution is -1.78. The van der Waals surface area contributed by atoms with E-state index in [2.05, 4.69) is 23.2 Å². The van der Waals surface area contributed by atoms with Crippen molar-refractivity contribution in [2.24, 2.45) is 4.99 Å². The fourth-order valence-electron chi connectivity index (χ4n) is 0.296. The first-order valence-electron chi connectivity index (χ1n) is 2.42. The number of nitrogens with zero attached hydrogens (tertiary/aromatic N) is 1. The second-order valence-corrected chi connectivity index (χ2v) is 2.40. The molecule has 0 saturated carbocycles. The molecule has 0 aliphatic carbocycles. The van der Waals surface area contributed by atoms with Crippen molar-refractivity contribution in [2.45, 2.75) is 0 Å². The fraction of sp³-hybridized carbons (Fsp3) is 0.167. The first kappa shape index (κ1) is 8.85. The first-order chi connectivity index (χ1) is 4.35. The Hall–Kier alpha value is -0.150. The van der Waals surface area contributed by atoms with E-state index >= 15 is 0 Å². The maximum atomic E-state index is 3.97. The van der Waals surface area contributed by atoms with E-state index in [1.54, 1.807) is 13.1 Å². The largest absolute Gasteiger partial charge is 0.281 e. The Morgan fingerprint density at radius 1 is 1.78 bits per heavy atom. The van der Waals surface area contributed by atoms with E-state index in [1.807, 2.05) is 12.2 Å². The predicted molar refractivity (Wildman–Crippen MR) is 49.3 cm³/mol. The molecule has 0 N–H and O–H groups in total. The van der Waals surface area contributed by atoms with Crippen molar-refractivity contribution >= 4 is 27.5 Å². The van der Waals surface area contributed by atoms with Crippen LogP contribution < -0.4 is 0 Å². The van der Waals surface area contributed by atoms with Gasteiger partial charge in [-0.05, 0) is 16.9 Å². The molecule has 0 atom stereocenters. The average molecular weight is 159 g/mol. The predicted octanol–water partition coefficient (Wildman–Crippen LogP) is 2.33. The molecule has 0 rings (SSSR count). The van der Waals surface area contributed by atoms with Gasteiger partial charge in [-0.2, -0.15) is 0 Å². The molecule has 0 aliphatic heterocycles. The zero-order valence-corrected chi connectivity index (χ0v) is 6.95. The van der Waals surface area contributed by atoms with Crippen molar-refractivity contribution in [1.82, 2.24) is 0 Å². The van der Waals surface area contributed by atoms with E-state index in [0.29, 0.717) is 0 Å². The summed E-state index contributed by atoms with van der Waals surface area (Å²) in [5, 5.41) is 0.887. The van der Waals surface area contributed by atoms with Gasteiger partial charge in [0.25, 0.3) is 0 Å². The molecule has 0 heterocycles. The average Bonchev–Trinajstić information content (AvgIpc) is 1.91. The fourth-order valence-corrected chi connectivity index (χ4v) is 0.945. The summed E-state index contributed by atoms with van der Waals surface area (Å²) in [5.41, 5.74) is 0. The minimum atomic E-state index is 0.887. The number of hydrogen-bond acceptors (Lipinski definition) is 3. The van der Waals surface area contributed by atoms with E-state index in [1.165, 1.54) is 10.8 Å². The highest BCUT2D eigenvalue weighted by Crippen LogP contribution is 2.08. The number of thiol groups is 1. The van der Waals surface area contributed by atoms with Crippen LogP contribution >= 0.6 is 22.5 Å². The lowest BCUT2D eigenvalue weighted by Gasteiger charge is -1.87. The van der Waals surface area contributed by atoms with E-state index < -0.39 is 0 Å². The van der Waals surface area contributed by atoms with Crippen molar-refractivity contribution in [3.63, 3.8) is 0 Å². The minimum absolute atomic E-state index is 0.887. The summed E-state index contributed by atoms with van der Waals surface area (Å²) in [5.74, 6) is 0. The molecule has 0 aromatic heterocycles. The van der Waals surface area contributed by atoms with E-state index in [-0.39, 0.29) is 0 Å². The Bertz CT molecular complexity index is 138. The molecule has 0 saturated heterocycles. The summed E-state index contributed by atoms with van der Waals surface area (Å²) in [6.45, 7) is 3.53. The van der Waals surface area contributed by atoms with Crippen LogP contribution in [0, 0.1) is 0 Å². The summed E-state index contributed by atoms with van der Waals surface area (Å²) in [6, 6.07) is 0. The van der Waals surface area contributed by atoms with Crippen LogP contribution in [-0.4, -0.2) is 12.1 Å². The Morgan fingerprint density at radius 3 is 2.78 bits per heavy atom. The summed E-state index contributed by atoms with van der Waals surface area (Å²) in [4.78, 5) is 3.91. The van der Waals surface area contributed by atoms with Gasteiger partial charge in [0.05, 0.1) is 0 Å². The van der Waals surface area contributed by atoms with Gasteiger partial charge in [0.1, 0.15) is 5.04 Å². The molecule has 0 unspecified atom stereocenters. The highest BCUT2D eigenvalue weighted by atomic mass is 33.1. The van der Waals surface area contributed by atoms with Crippen molar-refractivity contribution in [3.05, 3.63) is 24.8 Å². The lowest BCUT2D eigenvalue weighted by atomic mass is 10.5.